The number of carbonyl (C=O) groups excluding carboxylic acids is 2. The number of rotatable bonds is 8. The van der Waals surface area contributed by atoms with Crippen LogP contribution in [0.1, 0.15) is 40.3 Å². The molecule has 1 heterocycles. The van der Waals surface area contributed by atoms with Gasteiger partial charge in [-0.3, -0.25) is 9.59 Å². The van der Waals surface area contributed by atoms with Crippen molar-refractivity contribution in [3.63, 3.8) is 0 Å². The highest BCUT2D eigenvalue weighted by Crippen LogP contribution is 2.23. The van der Waals surface area contributed by atoms with Gasteiger partial charge in [-0.25, -0.2) is 0 Å². The topological polar surface area (TPSA) is 68.5 Å². The van der Waals surface area contributed by atoms with Crippen LogP contribution < -0.4 is 10.1 Å². The first-order valence-corrected chi connectivity index (χ1v) is 8.09. The minimum atomic E-state index is -0.409. The fraction of sp³-hybridized carbons (Fsp3) is 0.333. The zero-order valence-electron chi connectivity index (χ0n) is 13.7. The number of furan rings is 1. The van der Waals surface area contributed by atoms with Crippen LogP contribution in [0.15, 0.2) is 34.7 Å². The Balaban J connectivity index is 1.86. The number of hydrogen-bond donors (Lipinski definition) is 1. The van der Waals surface area contributed by atoms with Crippen molar-refractivity contribution in [2.24, 2.45) is 0 Å². The summed E-state index contributed by atoms with van der Waals surface area (Å²) >= 11 is 5.24. The molecule has 0 unspecified atom stereocenters. The molecular formula is C18H20ClNO4. The molecule has 1 aromatic carbocycles. The van der Waals surface area contributed by atoms with Crippen LogP contribution in [0.25, 0.3) is 0 Å². The summed E-state index contributed by atoms with van der Waals surface area (Å²) in [5, 5.41) is 2.27. The van der Waals surface area contributed by atoms with Gasteiger partial charge < -0.3 is 14.5 Å². The number of carbonyl (C=O) groups is 2. The predicted molar refractivity (Wildman–Crippen MR) is 91.4 cm³/mol. The molecule has 1 aromatic heterocycles. The van der Waals surface area contributed by atoms with Gasteiger partial charge >= 0.3 is 0 Å². The summed E-state index contributed by atoms with van der Waals surface area (Å²) in [6.07, 6.45) is 0.728. The van der Waals surface area contributed by atoms with E-state index in [0.717, 1.165) is 16.9 Å². The molecule has 0 bridgehead atoms. The van der Waals surface area contributed by atoms with E-state index in [9.17, 15) is 9.59 Å². The minimum Gasteiger partial charge on any atom is -0.485 e. The quantitative estimate of drug-likeness (QED) is 0.582. The van der Waals surface area contributed by atoms with E-state index in [2.05, 4.69) is 5.32 Å². The van der Waals surface area contributed by atoms with Crippen molar-refractivity contribution in [3.05, 3.63) is 53.0 Å². The number of benzene rings is 1. The molecule has 24 heavy (non-hydrogen) atoms. The lowest BCUT2D eigenvalue weighted by molar-refractivity contribution is -0.111. The Morgan fingerprint density at radius 1 is 1.17 bits per heavy atom. The lowest BCUT2D eigenvalue weighted by Crippen LogP contribution is -2.24. The lowest BCUT2D eigenvalue weighted by Gasteiger charge is -2.10. The Morgan fingerprint density at radius 3 is 2.54 bits per heavy atom. The maximum absolute atomic E-state index is 11.9. The fourth-order valence-electron chi connectivity index (χ4n) is 2.26. The number of aryl methyl sites for hydroxylation is 2. The van der Waals surface area contributed by atoms with Gasteiger partial charge in [0.05, 0.1) is 0 Å². The second-order valence-electron chi connectivity index (χ2n) is 5.49. The first kappa shape index (κ1) is 18.1. The van der Waals surface area contributed by atoms with Crippen molar-refractivity contribution in [3.8, 4) is 5.75 Å². The molecule has 2 rings (SSSR count). The van der Waals surface area contributed by atoms with E-state index in [0.29, 0.717) is 18.7 Å². The maximum Gasteiger partial charge on any atom is 0.286 e. The Bertz CT molecular complexity index is 703. The fourth-order valence-corrected chi connectivity index (χ4v) is 2.40. The second-order valence-corrected chi connectivity index (χ2v) is 5.91. The van der Waals surface area contributed by atoms with Gasteiger partial charge in [0, 0.05) is 13.0 Å². The predicted octanol–water partition coefficient (Wildman–Crippen LogP) is 3.75. The van der Waals surface area contributed by atoms with Gasteiger partial charge in [0.2, 0.25) is 5.24 Å². The van der Waals surface area contributed by atoms with Gasteiger partial charge in [-0.05, 0) is 55.1 Å². The maximum atomic E-state index is 11.9. The molecular weight excluding hydrogens is 330 g/mol. The van der Waals surface area contributed by atoms with Crippen molar-refractivity contribution in [1.82, 2.24) is 5.32 Å². The van der Waals surface area contributed by atoms with E-state index >= 15 is 0 Å². The number of para-hydroxylation sites is 1. The molecule has 0 saturated heterocycles. The van der Waals surface area contributed by atoms with Crippen LogP contribution in [0.4, 0.5) is 0 Å². The number of hydrogen-bond acceptors (Lipinski definition) is 4. The molecule has 1 N–H and O–H groups in total. The van der Waals surface area contributed by atoms with Crippen LogP contribution in [0.3, 0.4) is 0 Å². The van der Waals surface area contributed by atoms with Gasteiger partial charge in [-0.2, -0.15) is 0 Å². The van der Waals surface area contributed by atoms with Crippen LogP contribution in [-0.4, -0.2) is 17.7 Å². The van der Waals surface area contributed by atoms with Gasteiger partial charge in [0.15, 0.2) is 5.76 Å². The highest BCUT2D eigenvalue weighted by Gasteiger charge is 2.12. The Labute approximate surface area is 145 Å². The third kappa shape index (κ3) is 5.13. The molecule has 128 valence electrons. The van der Waals surface area contributed by atoms with E-state index in [4.69, 9.17) is 20.8 Å². The summed E-state index contributed by atoms with van der Waals surface area (Å²) in [6.45, 7) is 4.58. The van der Waals surface area contributed by atoms with Crippen molar-refractivity contribution in [2.75, 3.05) is 6.54 Å². The lowest BCUT2D eigenvalue weighted by atomic mass is 10.1. The van der Waals surface area contributed by atoms with Crippen LogP contribution in [0.5, 0.6) is 5.75 Å². The van der Waals surface area contributed by atoms with Crippen LogP contribution in [0, 0.1) is 13.8 Å². The molecule has 0 fully saturated rings. The Hall–Kier alpha value is -2.27. The van der Waals surface area contributed by atoms with Crippen LogP contribution in [-0.2, 0) is 11.4 Å². The number of nitrogens with one attached hydrogen (secondary N) is 1. The number of ether oxygens (including phenoxy) is 1. The van der Waals surface area contributed by atoms with Gasteiger partial charge in [-0.15, -0.1) is 0 Å². The molecule has 5 nitrogen and oxygen atoms in total. The zero-order valence-corrected chi connectivity index (χ0v) is 14.5. The average molecular weight is 350 g/mol. The SMILES string of the molecule is Cc1cccc(C)c1OCc1ccc(C(=O)NCCCC(=O)Cl)o1. The van der Waals surface area contributed by atoms with E-state index in [-0.39, 0.29) is 24.7 Å². The highest BCUT2D eigenvalue weighted by molar-refractivity contribution is 6.63. The third-order valence-electron chi connectivity index (χ3n) is 3.49. The first-order chi connectivity index (χ1) is 11.5. The molecule has 0 aliphatic heterocycles. The monoisotopic (exact) mass is 349 g/mol. The number of halogens is 1. The highest BCUT2D eigenvalue weighted by atomic mass is 35.5. The summed E-state index contributed by atoms with van der Waals surface area (Å²) in [4.78, 5) is 22.5. The van der Waals surface area contributed by atoms with E-state index in [1.54, 1.807) is 12.1 Å². The van der Waals surface area contributed by atoms with Crippen molar-refractivity contribution < 1.29 is 18.7 Å². The zero-order chi connectivity index (χ0) is 17.5. The summed E-state index contributed by atoms with van der Waals surface area (Å²) < 4.78 is 11.3. The van der Waals surface area contributed by atoms with Crippen molar-refractivity contribution in [2.45, 2.75) is 33.3 Å². The van der Waals surface area contributed by atoms with Crippen LogP contribution in [0.2, 0.25) is 0 Å². The molecule has 2 aromatic rings. The van der Waals surface area contributed by atoms with E-state index in [1.165, 1.54) is 0 Å². The van der Waals surface area contributed by atoms with Gasteiger partial charge in [-0.1, -0.05) is 18.2 Å². The molecule has 0 spiro atoms. The minimum absolute atomic E-state index is 0.215. The molecule has 0 atom stereocenters. The molecule has 0 radical (unpaired) electrons. The summed E-state index contributed by atoms with van der Waals surface area (Å²) in [7, 11) is 0. The second kappa shape index (κ2) is 8.55. The number of amides is 1. The van der Waals surface area contributed by atoms with Crippen molar-refractivity contribution >= 4 is 22.8 Å². The Morgan fingerprint density at radius 2 is 1.88 bits per heavy atom. The summed E-state index contributed by atoms with van der Waals surface area (Å²) in [6, 6.07) is 9.25. The molecule has 6 heteroatoms. The van der Waals surface area contributed by atoms with E-state index < -0.39 is 5.24 Å². The van der Waals surface area contributed by atoms with Gasteiger partial charge in [0.1, 0.15) is 18.1 Å². The molecule has 0 aliphatic carbocycles. The van der Waals surface area contributed by atoms with Crippen LogP contribution >= 0.6 is 11.6 Å². The molecule has 0 aliphatic rings. The van der Waals surface area contributed by atoms with Crippen molar-refractivity contribution in [1.29, 1.82) is 0 Å². The normalized spacial score (nSPS) is 10.5. The average Bonchev–Trinajstić information content (AvgIpc) is 3.00. The largest absolute Gasteiger partial charge is 0.485 e. The Kier molecular flexibility index (Phi) is 6.44. The standard InChI is InChI=1S/C18H20ClNO4/c1-12-5-3-6-13(2)17(12)23-11-14-8-9-15(24-14)18(22)20-10-4-7-16(19)21/h3,5-6,8-9H,4,7,10-11H2,1-2H3,(H,20,22). The third-order valence-corrected chi connectivity index (χ3v) is 3.68. The first-order valence-electron chi connectivity index (χ1n) is 7.71. The van der Waals surface area contributed by atoms with E-state index in [1.807, 2.05) is 32.0 Å². The van der Waals surface area contributed by atoms with Gasteiger partial charge in [0.25, 0.3) is 5.91 Å². The smallest absolute Gasteiger partial charge is 0.286 e. The summed E-state index contributed by atoms with van der Waals surface area (Å²) in [5.74, 6) is 1.28. The molecule has 1 amide bonds. The molecule has 0 saturated carbocycles. The summed E-state index contributed by atoms with van der Waals surface area (Å²) in [5.41, 5.74) is 2.10.